The molecule has 0 aromatic carbocycles. The van der Waals surface area contributed by atoms with Crippen LogP contribution in [0, 0.1) is 16.7 Å². The summed E-state index contributed by atoms with van der Waals surface area (Å²) in [6.07, 6.45) is 6.35. The van der Waals surface area contributed by atoms with Gasteiger partial charge in [0, 0.05) is 34.2 Å². The van der Waals surface area contributed by atoms with E-state index in [0.717, 1.165) is 17.7 Å². The smallest absolute Gasteiger partial charge is 0.132 e. The Hall–Kier alpha value is -1.33. The lowest BCUT2D eigenvalue weighted by molar-refractivity contribution is 0.250. The van der Waals surface area contributed by atoms with Crippen molar-refractivity contribution in [3.8, 4) is 0 Å². The fourth-order valence-corrected chi connectivity index (χ4v) is 3.89. The van der Waals surface area contributed by atoms with Crippen LogP contribution in [0.25, 0.3) is 4.91 Å². The third kappa shape index (κ3) is 2.60. The lowest BCUT2D eigenvalue weighted by Gasteiger charge is -2.31. The molecule has 0 saturated carbocycles. The van der Waals surface area contributed by atoms with Gasteiger partial charge in [-0.3, -0.25) is 0 Å². The number of aromatic nitrogens is 1. The highest BCUT2D eigenvalue weighted by molar-refractivity contribution is 8.08. The minimum Gasteiger partial charge on any atom is -0.383 e. The molecule has 0 aliphatic carbocycles. The second kappa shape index (κ2) is 5.97. The van der Waals surface area contributed by atoms with Crippen LogP contribution in [0.3, 0.4) is 0 Å². The highest BCUT2D eigenvalue weighted by Crippen LogP contribution is 2.45. The van der Waals surface area contributed by atoms with Gasteiger partial charge in [-0.2, -0.15) is 0 Å². The Morgan fingerprint density at radius 3 is 2.95 bits per heavy atom. The van der Waals surface area contributed by atoms with E-state index < -0.39 is 0 Å². The highest BCUT2D eigenvalue weighted by atomic mass is 32.2. The Morgan fingerprint density at radius 1 is 1.60 bits per heavy atom. The Bertz CT molecular complexity index is 535. The molecule has 4 nitrogen and oxygen atoms in total. The first kappa shape index (κ1) is 15.1. The number of nitrogen functional groups attached to an aromatic ring is 1. The van der Waals surface area contributed by atoms with Crippen LogP contribution in [0.5, 0.6) is 0 Å². The van der Waals surface area contributed by atoms with E-state index in [0.29, 0.717) is 23.8 Å². The summed E-state index contributed by atoms with van der Waals surface area (Å²) in [6.45, 7) is 5.13. The van der Waals surface area contributed by atoms with Crippen LogP contribution in [-0.4, -0.2) is 23.5 Å². The average molecular weight is 290 g/mol. The van der Waals surface area contributed by atoms with E-state index >= 15 is 0 Å². The number of nitrogens with one attached hydrogen (secondary N) is 1. The zero-order valence-electron chi connectivity index (χ0n) is 12.0. The van der Waals surface area contributed by atoms with Crippen molar-refractivity contribution in [2.75, 3.05) is 18.0 Å². The summed E-state index contributed by atoms with van der Waals surface area (Å²) < 4.78 is 0. The SMILES string of the molecule is CCC(C)(CN)C1C=C(c2ccnc(N)c2C=N)SC1. The molecule has 2 unspecified atom stereocenters. The van der Waals surface area contributed by atoms with E-state index in [9.17, 15) is 0 Å². The fraction of sp³-hybridized carbons (Fsp3) is 0.467. The Morgan fingerprint density at radius 2 is 2.35 bits per heavy atom. The molecular weight excluding hydrogens is 268 g/mol. The molecule has 1 aromatic rings. The van der Waals surface area contributed by atoms with E-state index in [1.165, 1.54) is 11.1 Å². The van der Waals surface area contributed by atoms with E-state index in [2.05, 4.69) is 24.9 Å². The van der Waals surface area contributed by atoms with Crippen molar-refractivity contribution in [2.45, 2.75) is 20.3 Å². The monoisotopic (exact) mass is 290 g/mol. The topological polar surface area (TPSA) is 88.8 Å². The van der Waals surface area contributed by atoms with E-state index in [4.69, 9.17) is 16.9 Å². The highest BCUT2D eigenvalue weighted by Gasteiger charge is 2.34. The number of anilines is 1. The van der Waals surface area contributed by atoms with Crippen molar-refractivity contribution in [1.82, 2.24) is 4.98 Å². The molecule has 20 heavy (non-hydrogen) atoms. The van der Waals surface area contributed by atoms with Crippen molar-refractivity contribution >= 4 is 28.7 Å². The molecule has 108 valence electrons. The normalized spacial score (nSPS) is 21.4. The number of hydrogen-bond acceptors (Lipinski definition) is 5. The number of hydrogen-bond donors (Lipinski definition) is 3. The molecule has 5 N–H and O–H groups in total. The van der Waals surface area contributed by atoms with Gasteiger partial charge in [0.15, 0.2) is 0 Å². The number of nitrogens with zero attached hydrogens (tertiary/aromatic N) is 1. The Balaban J connectivity index is 2.37. The van der Waals surface area contributed by atoms with Crippen LogP contribution >= 0.6 is 11.8 Å². The summed E-state index contributed by atoms with van der Waals surface area (Å²) in [5.41, 5.74) is 13.7. The van der Waals surface area contributed by atoms with E-state index in [1.54, 1.807) is 6.20 Å². The van der Waals surface area contributed by atoms with Gasteiger partial charge in [-0.05, 0) is 30.4 Å². The van der Waals surface area contributed by atoms with Crippen molar-refractivity contribution < 1.29 is 0 Å². The molecule has 2 heterocycles. The largest absolute Gasteiger partial charge is 0.383 e. The van der Waals surface area contributed by atoms with Gasteiger partial charge in [0.25, 0.3) is 0 Å². The third-order valence-electron chi connectivity index (χ3n) is 4.37. The lowest BCUT2D eigenvalue weighted by atomic mass is 9.75. The van der Waals surface area contributed by atoms with Gasteiger partial charge in [-0.25, -0.2) is 4.98 Å². The lowest BCUT2D eigenvalue weighted by Crippen LogP contribution is -2.34. The summed E-state index contributed by atoms with van der Waals surface area (Å²) in [5, 5.41) is 7.53. The van der Waals surface area contributed by atoms with Crippen LogP contribution in [0.4, 0.5) is 5.82 Å². The second-order valence-corrected chi connectivity index (χ2v) is 6.52. The molecule has 0 spiro atoms. The minimum atomic E-state index is 0.137. The quantitative estimate of drug-likeness (QED) is 0.727. The molecular formula is C15H22N4S. The first-order valence-corrected chi connectivity index (χ1v) is 7.84. The molecule has 0 amide bonds. The maximum Gasteiger partial charge on any atom is 0.132 e. The molecule has 2 atom stereocenters. The van der Waals surface area contributed by atoms with E-state index in [-0.39, 0.29) is 5.41 Å². The van der Waals surface area contributed by atoms with Crippen LogP contribution in [0.15, 0.2) is 18.3 Å². The number of thioether (sulfide) groups is 1. The van der Waals surface area contributed by atoms with Gasteiger partial charge in [0.2, 0.25) is 0 Å². The van der Waals surface area contributed by atoms with Gasteiger partial charge in [-0.1, -0.05) is 19.9 Å². The van der Waals surface area contributed by atoms with Crippen LogP contribution in [0.1, 0.15) is 31.4 Å². The van der Waals surface area contributed by atoms with Crippen molar-refractivity contribution in [3.05, 3.63) is 29.5 Å². The number of rotatable bonds is 5. The minimum absolute atomic E-state index is 0.137. The Labute approximate surface area is 124 Å². The average Bonchev–Trinajstić information content (AvgIpc) is 2.96. The maximum atomic E-state index is 7.53. The summed E-state index contributed by atoms with van der Waals surface area (Å²) in [7, 11) is 0. The van der Waals surface area contributed by atoms with Gasteiger partial charge >= 0.3 is 0 Å². The number of nitrogens with two attached hydrogens (primary N) is 2. The molecule has 5 heteroatoms. The van der Waals surface area contributed by atoms with Crippen LogP contribution in [0.2, 0.25) is 0 Å². The molecule has 0 fully saturated rings. The number of allylic oxidation sites excluding steroid dienone is 1. The van der Waals surface area contributed by atoms with Crippen molar-refractivity contribution in [2.24, 2.45) is 17.1 Å². The van der Waals surface area contributed by atoms with Gasteiger partial charge < -0.3 is 16.9 Å². The molecule has 0 saturated heterocycles. The zero-order chi connectivity index (χ0) is 14.8. The summed E-state index contributed by atoms with van der Waals surface area (Å²) in [4.78, 5) is 5.24. The molecule has 0 bridgehead atoms. The standard InChI is InChI=1S/C15H22N4S/c1-3-15(2,9-17)10-6-13(20-8-10)11-4-5-19-14(18)12(11)7-16/h4-7,10,16H,3,8-9,17H2,1-2H3,(H2,18,19). The fourth-order valence-electron chi connectivity index (χ4n) is 2.44. The van der Waals surface area contributed by atoms with Crippen molar-refractivity contribution in [1.29, 1.82) is 5.41 Å². The molecule has 1 aromatic heterocycles. The molecule has 1 aliphatic heterocycles. The second-order valence-electron chi connectivity index (χ2n) is 5.46. The molecule has 2 rings (SSSR count). The predicted octanol–water partition coefficient (Wildman–Crippen LogP) is 2.74. The third-order valence-corrected chi connectivity index (χ3v) is 5.56. The first-order chi connectivity index (χ1) is 9.55. The van der Waals surface area contributed by atoms with Gasteiger partial charge in [0.05, 0.1) is 0 Å². The number of pyridine rings is 1. The van der Waals surface area contributed by atoms with E-state index in [1.807, 2.05) is 17.8 Å². The van der Waals surface area contributed by atoms with Gasteiger partial charge in [-0.15, -0.1) is 11.8 Å². The first-order valence-electron chi connectivity index (χ1n) is 6.85. The van der Waals surface area contributed by atoms with Crippen molar-refractivity contribution in [3.63, 3.8) is 0 Å². The summed E-state index contributed by atoms with van der Waals surface area (Å²) in [6, 6.07) is 1.93. The van der Waals surface area contributed by atoms with Gasteiger partial charge in [0.1, 0.15) is 5.82 Å². The maximum absolute atomic E-state index is 7.53. The Kier molecular flexibility index (Phi) is 4.50. The predicted molar refractivity (Wildman–Crippen MR) is 87.9 cm³/mol. The molecule has 1 aliphatic rings. The zero-order valence-corrected chi connectivity index (χ0v) is 12.8. The van der Waals surface area contributed by atoms with Crippen LogP contribution in [-0.2, 0) is 0 Å². The summed E-state index contributed by atoms with van der Waals surface area (Å²) in [5.74, 6) is 1.92. The summed E-state index contributed by atoms with van der Waals surface area (Å²) >= 11 is 1.82. The van der Waals surface area contributed by atoms with Crippen LogP contribution < -0.4 is 11.5 Å². The molecule has 0 radical (unpaired) electrons.